The molecule has 0 aliphatic heterocycles. The van der Waals surface area contributed by atoms with Crippen molar-refractivity contribution in [2.45, 2.75) is 39.1 Å². The highest BCUT2D eigenvalue weighted by molar-refractivity contribution is 5.43. The molecule has 0 amide bonds. The van der Waals surface area contributed by atoms with Gasteiger partial charge in [0.25, 0.3) is 0 Å². The van der Waals surface area contributed by atoms with Crippen LogP contribution >= 0.6 is 0 Å². The van der Waals surface area contributed by atoms with Crippen LogP contribution in [0.25, 0.3) is 0 Å². The number of ether oxygens (including phenoxy) is 2. The predicted molar refractivity (Wildman–Crippen MR) is 106 cm³/mol. The first kappa shape index (κ1) is 21.2. The summed E-state index contributed by atoms with van der Waals surface area (Å²) in [5.41, 5.74) is 2.20. The van der Waals surface area contributed by atoms with Gasteiger partial charge < -0.3 is 19.5 Å². The molecule has 7 heteroatoms. The Morgan fingerprint density at radius 1 is 1.15 bits per heavy atom. The number of likely N-dealkylation sites (N-methyl/N-ethyl adjacent to an activating group) is 1. The largest absolute Gasteiger partial charge is 0.493 e. The first-order valence-electron chi connectivity index (χ1n) is 9.23. The standard InChI is InChI=1S/C20H32N4O3/c1-15(2)24(4)13-18(25)14-27-19-7-6-16(10-20(19)26-5)11-23(3)12-17-8-9-21-22-17/h6-10,15,18,25H,11-14H2,1-5H3,(H,21,22)/t18-/m1/s1. The summed E-state index contributed by atoms with van der Waals surface area (Å²) in [7, 11) is 5.67. The SMILES string of the molecule is COc1cc(CN(C)Cc2ccn[nH]2)ccc1OC[C@H](O)CN(C)C(C)C. The van der Waals surface area contributed by atoms with Crippen LogP contribution in [0.5, 0.6) is 11.5 Å². The van der Waals surface area contributed by atoms with Gasteiger partial charge >= 0.3 is 0 Å². The summed E-state index contributed by atoms with van der Waals surface area (Å²) in [4.78, 5) is 4.28. The lowest BCUT2D eigenvalue weighted by Gasteiger charge is -2.24. The third-order valence-electron chi connectivity index (χ3n) is 4.49. The molecule has 7 nitrogen and oxygen atoms in total. The van der Waals surface area contributed by atoms with E-state index in [9.17, 15) is 5.11 Å². The van der Waals surface area contributed by atoms with Gasteiger partial charge in [-0.1, -0.05) is 6.07 Å². The van der Waals surface area contributed by atoms with Crippen LogP contribution in [0.2, 0.25) is 0 Å². The Morgan fingerprint density at radius 2 is 1.93 bits per heavy atom. The summed E-state index contributed by atoms with van der Waals surface area (Å²) in [6.07, 6.45) is 1.20. The van der Waals surface area contributed by atoms with Crippen molar-refractivity contribution in [2.24, 2.45) is 0 Å². The Morgan fingerprint density at radius 3 is 2.56 bits per heavy atom. The second kappa shape index (κ2) is 10.3. The normalized spacial score (nSPS) is 12.8. The van der Waals surface area contributed by atoms with Crippen molar-refractivity contribution in [3.8, 4) is 11.5 Å². The summed E-state index contributed by atoms with van der Waals surface area (Å²) in [6, 6.07) is 8.25. The summed E-state index contributed by atoms with van der Waals surface area (Å²) < 4.78 is 11.3. The molecule has 0 unspecified atom stereocenters. The molecule has 0 saturated carbocycles. The monoisotopic (exact) mass is 376 g/mol. The van der Waals surface area contributed by atoms with Crippen LogP contribution in [0.4, 0.5) is 0 Å². The second-order valence-electron chi connectivity index (χ2n) is 7.24. The van der Waals surface area contributed by atoms with Crippen LogP contribution in [0, 0.1) is 0 Å². The van der Waals surface area contributed by atoms with E-state index >= 15 is 0 Å². The van der Waals surface area contributed by atoms with E-state index in [4.69, 9.17) is 9.47 Å². The van der Waals surface area contributed by atoms with Gasteiger partial charge in [0.15, 0.2) is 11.5 Å². The molecule has 27 heavy (non-hydrogen) atoms. The van der Waals surface area contributed by atoms with Gasteiger partial charge in [-0.3, -0.25) is 10.00 Å². The number of rotatable bonds is 11. The lowest BCUT2D eigenvalue weighted by molar-refractivity contribution is 0.0668. The maximum atomic E-state index is 10.2. The third kappa shape index (κ3) is 6.86. The van der Waals surface area contributed by atoms with Gasteiger partial charge in [0.1, 0.15) is 12.7 Å². The van der Waals surface area contributed by atoms with E-state index in [0.717, 1.165) is 24.3 Å². The molecule has 150 valence electrons. The van der Waals surface area contributed by atoms with Crippen molar-refractivity contribution in [1.29, 1.82) is 0 Å². The fourth-order valence-corrected chi connectivity index (χ4v) is 2.74. The summed E-state index contributed by atoms with van der Waals surface area (Å²) >= 11 is 0. The van der Waals surface area contributed by atoms with Crippen LogP contribution in [0.15, 0.2) is 30.5 Å². The number of aliphatic hydroxyl groups is 1. The number of nitrogens with zero attached hydrogens (tertiary/aromatic N) is 3. The first-order valence-corrected chi connectivity index (χ1v) is 9.23. The molecular weight excluding hydrogens is 344 g/mol. The van der Waals surface area contributed by atoms with Crippen molar-refractivity contribution in [3.63, 3.8) is 0 Å². The van der Waals surface area contributed by atoms with Gasteiger partial charge in [0, 0.05) is 37.6 Å². The van der Waals surface area contributed by atoms with Crippen molar-refractivity contribution in [1.82, 2.24) is 20.0 Å². The number of nitrogens with one attached hydrogen (secondary N) is 1. The molecule has 2 aromatic rings. The van der Waals surface area contributed by atoms with Gasteiger partial charge in [-0.15, -0.1) is 0 Å². The molecule has 0 spiro atoms. The molecule has 2 rings (SSSR count). The van der Waals surface area contributed by atoms with Crippen molar-refractivity contribution in [2.75, 3.05) is 34.4 Å². The van der Waals surface area contributed by atoms with E-state index in [1.807, 2.05) is 31.3 Å². The van der Waals surface area contributed by atoms with E-state index in [1.165, 1.54) is 0 Å². The van der Waals surface area contributed by atoms with Gasteiger partial charge in [-0.05, 0) is 51.7 Å². The molecule has 0 radical (unpaired) electrons. The number of aromatic amines is 1. The fourth-order valence-electron chi connectivity index (χ4n) is 2.74. The lowest BCUT2D eigenvalue weighted by atomic mass is 10.2. The van der Waals surface area contributed by atoms with Gasteiger partial charge in [-0.2, -0.15) is 5.10 Å². The summed E-state index contributed by atoms with van der Waals surface area (Å²) in [6.45, 7) is 6.55. The summed E-state index contributed by atoms with van der Waals surface area (Å²) in [5, 5.41) is 17.1. The van der Waals surface area contributed by atoms with Crippen LogP contribution in [-0.4, -0.2) is 71.6 Å². The second-order valence-corrected chi connectivity index (χ2v) is 7.24. The molecule has 0 bridgehead atoms. The molecule has 1 atom stereocenters. The maximum absolute atomic E-state index is 10.2. The highest BCUT2D eigenvalue weighted by Gasteiger charge is 2.14. The van der Waals surface area contributed by atoms with Crippen LogP contribution in [0.1, 0.15) is 25.1 Å². The topological polar surface area (TPSA) is 73.8 Å². The number of benzene rings is 1. The number of hydrogen-bond donors (Lipinski definition) is 2. The number of aromatic nitrogens is 2. The van der Waals surface area contributed by atoms with Gasteiger partial charge in [0.2, 0.25) is 0 Å². The minimum Gasteiger partial charge on any atom is -0.493 e. The van der Waals surface area contributed by atoms with E-state index < -0.39 is 6.10 Å². The predicted octanol–water partition coefficient (Wildman–Crippen LogP) is 2.13. The highest BCUT2D eigenvalue weighted by atomic mass is 16.5. The molecule has 0 aliphatic carbocycles. The minimum atomic E-state index is -0.553. The van der Waals surface area contributed by atoms with E-state index in [0.29, 0.717) is 24.1 Å². The van der Waals surface area contributed by atoms with E-state index in [-0.39, 0.29) is 6.61 Å². The molecule has 1 aromatic heterocycles. The quantitative estimate of drug-likeness (QED) is 0.626. The van der Waals surface area contributed by atoms with Crippen LogP contribution < -0.4 is 9.47 Å². The number of aliphatic hydroxyl groups excluding tert-OH is 1. The Balaban J connectivity index is 1.91. The smallest absolute Gasteiger partial charge is 0.161 e. The molecule has 2 N–H and O–H groups in total. The molecule has 1 heterocycles. The molecule has 1 aromatic carbocycles. The fraction of sp³-hybridized carbons (Fsp3) is 0.550. The zero-order valence-corrected chi connectivity index (χ0v) is 17.0. The first-order chi connectivity index (χ1) is 12.9. The Kier molecular flexibility index (Phi) is 8.09. The zero-order chi connectivity index (χ0) is 19.8. The average Bonchev–Trinajstić information content (AvgIpc) is 3.13. The minimum absolute atomic E-state index is 0.229. The highest BCUT2D eigenvalue weighted by Crippen LogP contribution is 2.28. The lowest BCUT2D eigenvalue weighted by Crippen LogP contribution is -2.36. The van der Waals surface area contributed by atoms with Crippen molar-refractivity contribution >= 4 is 0 Å². The number of hydrogen-bond acceptors (Lipinski definition) is 6. The Labute approximate surface area is 161 Å². The third-order valence-corrected chi connectivity index (χ3v) is 4.49. The zero-order valence-electron chi connectivity index (χ0n) is 17.0. The molecule has 0 fully saturated rings. The van der Waals surface area contributed by atoms with Gasteiger partial charge in [-0.25, -0.2) is 0 Å². The van der Waals surface area contributed by atoms with Crippen LogP contribution in [0.3, 0.4) is 0 Å². The summed E-state index contributed by atoms with van der Waals surface area (Å²) in [5.74, 6) is 1.32. The molecular formula is C20H32N4O3. The molecule has 0 aliphatic rings. The van der Waals surface area contributed by atoms with Crippen molar-refractivity contribution in [3.05, 3.63) is 41.7 Å². The van der Waals surface area contributed by atoms with Crippen molar-refractivity contribution < 1.29 is 14.6 Å². The maximum Gasteiger partial charge on any atom is 0.161 e. The number of methoxy groups -OCH3 is 1. The Bertz CT molecular complexity index is 676. The molecule has 0 saturated heterocycles. The Hall–Kier alpha value is -2.09. The number of H-pyrrole nitrogens is 1. The van der Waals surface area contributed by atoms with E-state index in [1.54, 1.807) is 13.3 Å². The average molecular weight is 377 g/mol. The van der Waals surface area contributed by atoms with Crippen LogP contribution in [-0.2, 0) is 13.1 Å². The van der Waals surface area contributed by atoms with E-state index in [2.05, 4.69) is 40.9 Å². The van der Waals surface area contributed by atoms with Gasteiger partial charge in [0.05, 0.1) is 7.11 Å².